The van der Waals surface area contributed by atoms with Crippen LogP contribution in [0.25, 0.3) is 0 Å². The van der Waals surface area contributed by atoms with E-state index in [1.165, 1.54) is 4.90 Å². The second-order valence-corrected chi connectivity index (χ2v) is 6.40. The van der Waals surface area contributed by atoms with Crippen molar-refractivity contribution in [1.29, 1.82) is 0 Å². The smallest absolute Gasteiger partial charge is 0.407 e. The number of nitrogens with one attached hydrogen (secondary N) is 2. The molecule has 2 rings (SSSR count). The van der Waals surface area contributed by atoms with Crippen molar-refractivity contribution in [2.75, 3.05) is 18.4 Å². The predicted octanol–water partition coefficient (Wildman–Crippen LogP) is 2.84. The van der Waals surface area contributed by atoms with Crippen molar-refractivity contribution in [3.63, 3.8) is 0 Å². The largest absolute Gasteiger partial charge is 0.444 e. The van der Waals surface area contributed by atoms with Crippen molar-refractivity contribution >= 4 is 17.8 Å². The number of carbonyl (C=O) groups is 2. The lowest BCUT2D eigenvalue weighted by atomic mass is 10.1. The van der Waals surface area contributed by atoms with Crippen LogP contribution in [0.3, 0.4) is 0 Å². The van der Waals surface area contributed by atoms with Crippen LogP contribution in [0.1, 0.15) is 20.8 Å². The number of halogens is 3. The Balaban J connectivity index is 1.83. The van der Waals surface area contributed by atoms with E-state index in [0.717, 1.165) is 12.1 Å². The lowest BCUT2D eigenvalue weighted by molar-refractivity contribution is 0.0438. The van der Waals surface area contributed by atoms with Gasteiger partial charge >= 0.3 is 12.1 Å². The zero-order valence-corrected chi connectivity index (χ0v) is 13.5. The highest BCUT2D eigenvalue weighted by molar-refractivity contribution is 5.90. The molecule has 1 fully saturated rings. The van der Waals surface area contributed by atoms with Crippen LogP contribution in [-0.2, 0) is 4.74 Å². The summed E-state index contributed by atoms with van der Waals surface area (Å²) >= 11 is 0. The van der Waals surface area contributed by atoms with Crippen LogP contribution in [0.4, 0.5) is 28.4 Å². The van der Waals surface area contributed by atoms with E-state index in [2.05, 4.69) is 10.6 Å². The molecule has 1 aliphatic heterocycles. The van der Waals surface area contributed by atoms with Crippen molar-refractivity contribution in [3.05, 3.63) is 29.6 Å². The third-order valence-corrected chi connectivity index (χ3v) is 3.17. The van der Waals surface area contributed by atoms with Gasteiger partial charge in [0, 0.05) is 13.1 Å². The molecule has 132 valence electrons. The molecule has 1 saturated heterocycles. The SMILES string of the molecule is CC(C)(C)OC(=O)NC1CN(C(=O)Nc2ccc(F)c(F)c2F)C1. The monoisotopic (exact) mass is 345 g/mol. The summed E-state index contributed by atoms with van der Waals surface area (Å²) in [7, 11) is 0. The van der Waals surface area contributed by atoms with Crippen molar-refractivity contribution < 1.29 is 27.5 Å². The number of urea groups is 1. The number of alkyl carbamates (subject to hydrolysis) is 1. The van der Waals surface area contributed by atoms with Gasteiger partial charge in [0.2, 0.25) is 0 Å². The molecule has 0 saturated carbocycles. The van der Waals surface area contributed by atoms with Crippen molar-refractivity contribution in [2.45, 2.75) is 32.4 Å². The number of likely N-dealkylation sites (tertiary alicyclic amines) is 1. The molecule has 24 heavy (non-hydrogen) atoms. The first-order valence-corrected chi connectivity index (χ1v) is 7.26. The van der Waals surface area contributed by atoms with Crippen molar-refractivity contribution in [1.82, 2.24) is 10.2 Å². The quantitative estimate of drug-likeness (QED) is 0.810. The first-order valence-electron chi connectivity index (χ1n) is 7.26. The van der Waals surface area contributed by atoms with Gasteiger partial charge in [-0.25, -0.2) is 22.8 Å². The molecule has 2 N–H and O–H groups in total. The summed E-state index contributed by atoms with van der Waals surface area (Å²) < 4.78 is 44.5. The number of nitrogens with zero attached hydrogens (tertiary/aromatic N) is 1. The summed E-state index contributed by atoms with van der Waals surface area (Å²) in [6.07, 6.45) is -0.598. The fraction of sp³-hybridized carbons (Fsp3) is 0.467. The summed E-state index contributed by atoms with van der Waals surface area (Å²) in [5.41, 5.74) is -1.09. The van der Waals surface area contributed by atoms with Crippen LogP contribution in [0.15, 0.2) is 12.1 Å². The lowest BCUT2D eigenvalue weighted by Gasteiger charge is -2.39. The maximum Gasteiger partial charge on any atom is 0.407 e. The second kappa shape index (κ2) is 6.58. The van der Waals surface area contributed by atoms with E-state index in [1.54, 1.807) is 20.8 Å². The molecule has 0 aliphatic carbocycles. The van der Waals surface area contributed by atoms with Gasteiger partial charge < -0.3 is 20.3 Å². The van der Waals surface area contributed by atoms with Crippen LogP contribution in [0.2, 0.25) is 0 Å². The van der Waals surface area contributed by atoms with E-state index in [9.17, 15) is 22.8 Å². The van der Waals surface area contributed by atoms with Gasteiger partial charge in [-0.05, 0) is 32.9 Å². The number of anilines is 1. The molecule has 1 aliphatic rings. The molecule has 1 aromatic rings. The number of hydrogen-bond acceptors (Lipinski definition) is 3. The minimum absolute atomic E-state index is 0.191. The van der Waals surface area contributed by atoms with E-state index in [0.29, 0.717) is 0 Å². The average Bonchev–Trinajstić information content (AvgIpc) is 2.41. The first kappa shape index (κ1) is 17.9. The highest BCUT2D eigenvalue weighted by Gasteiger charge is 2.33. The highest BCUT2D eigenvalue weighted by atomic mass is 19.2. The summed E-state index contributed by atoms with van der Waals surface area (Å²) in [6.45, 7) is 5.56. The van der Waals surface area contributed by atoms with E-state index in [1.807, 2.05) is 0 Å². The maximum atomic E-state index is 13.5. The summed E-state index contributed by atoms with van der Waals surface area (Å²) in [5.74, 6) is -4.45. The van der Waals surface area contributed by atoms with Crippen LogP contribution >= 0.6 is 0 Å². The summed E-state index contributed by atoms with van der Waals surface area (Å²) in [4.78, 5) is 24.7. The van der Waals surface area contributed by atoms with Gasteiger partial charge in [-0.1, -0.05) is 0 Å². The Kier molecular flexibility index (Phi) is 4.91. The lowest BCUT2D eigenvalue weighted by Crippen LogP contribution is -2.62. The van der Waals surface area contributed by atoms with Crippen LogP contribution in [-0.4, -0.2) is 41.8 Å². The molecule has 1 aromatic carbocycles. The molecule has 0 radical (unpaired) electrons. The molecular weight excluding hydrogens is 327 g/mol. The van der Waals surface area contributed by atoms with Crippen LogP contribution in [0.5, 0.6) is 0 Å². The molecule has 0 bridgehead atoms. The van der Waals surface area contributed by atoms with Gasteiger partial charge in [0.25, 0.3) is 0 Å². The number of benzene rings is 1. The van der Waals surface area contributed by atoms with Crippen molar-refractivity contribution in [3.8, 4) is 0 Å². The van der Waals surface area contributed by atoms with Gasteiger partial charge in [0.15, 0.2) is 17.5 Å². The Hall–Kier alpha value is -2.45. The summed E-state index contributed by atoms with van der Waals surface area (Å²) in [5, 5.41) is 4.74. The topological polar surface area (TPSA) is 70.7 Å². The standard InChI is InChI=1S/C15H18F3N3O3/c1-15(2,3)24-14(23)19-8-6-21(7-8)13(22)20-10-5-4-9(16)11(17)12(10)18/h4-5,8H,6-7H2,1-3H3,(H,19,23)(H,20,22). The first-order chi connectivity index (χ1) is 11.1. The second-order valence-electron chi connectivity index (χ2n) is 6.40. The Morgan fingerprint density at radius 2 is 1.79 bits per heavy atom. The molecule has 0 aromatic heterocycles. The Morgan fingerprint density at radius 3 is 2.38 bits per heavy atom. The van der Waals surface area contributed by atoms with E-state index < -0.39 is 40.9 Å². The number of carbonyl (C=O) groups excluding carboxylic acids is 2. The van der Waals surface area contributed by atoms with Gasteiger partial charge in [-0.15, -0.1) is 0 Å². The Bertz CT molecular complexity index is 655. The number of hydrogen-bond donors (Lipinski definition) is 2. The van der Waals surface area contributed by atoms with Gasteiger partial charge in [-0.2, -0.15) is 0 Å². The minimum Gasteiger partial charge on any atom is -0.444 e. The van der Waals surface area contributed by atoms with E-state index in [4.69, 9.17) is 4.74 Å². The van der Waals surface area contributed by atoms with Gasteiger partial charge in [0.05, 0.1) is 11.7 Å². The molecule has 9 heteroatoms. The van der Waals surface area contributed by atoms with E-state index in [-0.39, 0.29) is 19.1 Å². The summed E-state index contributed by atoms with van der Waals surface area (Å²) in [6, 6.07) is 0.682. The highest BCUT2D eigenvalue weighted by Crippen LogP contribution is 2.21. The molecule has 0 unspecified atom stereocenters. The molecule has 0 spiro atoms. The molecule has 3 amide bonds. The molecule has 6 nitrogen and oxygen atoms in total. The average molecular weight is 345 g/mol. The third kappa shape index (κ3) is 4.30. The zero-order chi connectivity index (χ0) is 18.1. The Labute approximate surface area is 137 Å². The molecule has 1 heterocycles. The number of amides is 3. The fourth-order valence-corrected chi connectivity index (χ4v) is 2.03. The normalized spacial score (nSPS) is 14.8. The molecule has 0 atom stereocenters. The van der Waals surface area contributed by atoms with E-state index >= 15 is 0 Å². The fourth-order valence-electron chi connectivity index (χ4n) is 2.03. The zero-order valence-electron chi connectivity index (χ0n) is 13.5. The van der Waals surface area contributed by atoms with Crippen LogP contribution < -0.4 is 10.6 Å². The number of rotatable bonds is 2. The number of ether oxygens (including phenoxy) is 1. The molecular formula is C15H18F3N3O3. The maximum absolute atomic E-state index is 13.5. The van der Waals surface area contributed by atoms with Gasteiger partial charge in [-0.3, -0.25) is 0 Å². The van der Waals surface area contributed by atoms with Gasteiger partial charge in [0.1, 0.15) is 5.60 Å². The third-order valence-electron chi connectivity index (χ3n) is 3.17. The van der Waals surface area contributed by atoms with Crippen LogP contribution in [0, 0.1) is 17.5 Å². The Morgan fingerprint density at radius 1 is 1.17 bits per heavy atom. The predicted molar refractivity (Wildman–Crippen MR) is 80.1 cm³/mol. The minimum atomic E-state index is -1.65. The van der Waals surface area contributed by atoms with Crippen molar-refractivity contribution in [2.24, 2.45) is 0 Å².